The van der Waals surface area contributed by atoms with E-state index in [0.29, 0.717) is 31.1 Å². The summed E-state index contributed by atoms with van der Waals surface area (Å²) in [7, 11) is 0. The number of allylic oxidation sites excluding steroid dienone is 1. The van der Waals surface area contributed by atoms with Crippen LogP contribution in [-0.4, -0.2) is 37.3 Å². The van der Waals surface area contributed by atoms with E-state index in [-0.39, 0.29) is 0 Å². The van der Waals surface area contributed by atoms with Crippen molar-refractivity contribution >= 4 is 5.69 Å². The monoisotopic (exact) mass is 393 g/mol. The molecule has 1 aromatic carbocycles. The SMILES string of the molecule is CC/C=C1\C(CNc2ccccc2)=CC(CNCC(C)C)=CN1CC(F)(F)F. The first-order valence-corrected chi connectivity index (χ1v) is 9.73. The summed E-state index contributed by atoms with van der Waals surface area (Å²) in [6, 6.07) is 9.68. The Labute approximate surface area is 166 Å². The third-order valence-electron chi connectivity index (χ3n) is 4.21. The maximum absolute atomic E-state index is 13.2. The van der Waals surface area contributed by atoms with Crippen LogP contribution in [0.3, 0.4) is 0 Å². The molecule has 0 unspecified atom stereocenters. The normalized spacial score (nSPS) is 16.4. The van der Waals surface area contributed by atoms with Gasteiger partial charge in [0.25, 0.3) is 0 Å². The summed E-state index contributed by atoms with van der Waals surface area (Å²) < 4.78 is 39.5. The van der Waals surface area contributed by atoms with E-state index >= 15 is 0 Å². The number of rotatable bonds is 9. The van der Waals surface area contributed by atoms with Crippen LogP contribution in [0.2, 0.25) is 0 Å². The van der Waals surface area contributed by atoms with E-state index in [1.54, 1.807) is 6.20 Å². The third-order valence-corrected chi connectivity index (χ3v) is 4.21. The van der Waals surface area contributed by atoms with Crippen LogP contribution in [0.25, 0.3) is 0 Å². The number of hydrogen-bond acceptors (Lipinski definition) is 3. The third kappa shape index (κ3) is 7.43. The van der Waals surface area contributed by atoms with Crippen molar-refractivity contribution in [3.63, 3.8) is 0 Å². The predicted molar refractivity (Wildman–Crippen MR) is 110 cm³/mol. The standard InChI is InChI=1S/C22H30F3N3/c1-4-8-21-19(14-27-20-9-6-5-7-10-20)11-18(13-26-12-17(2)3)15-28(21)16-22(23,24)25/h5-11,15,17,26-27H,4,12-14,16H2,1-3H3/b21-8+. The predicted octanol–water partition coefficient (Wildman–Crippen LogP) is 5.33. The molecule has 0 fully saturated rings. The molecule has 0 saturated carbocycles. The van der Waals surface area contributed by atoms with Crippen LogP contribution in [0, 0.1) is 5.92 Å². The first-order valence-electron chi connectivity index (χ1n) is 9.73. The molecule has 2 rings (SSSR count). The number of hydrogen-bond donors (Lipinski definition) is 2. The lowest BCUT2D eigenvalue weighted by atomic mass is 10.0. The zero-order valence-electron chi connectivity index (χ0n) is 16.8. The van der Waals surface area contributed by atoms with E-state index < -0.39 is 12.7 Å². The minimum absolute atomic E-state index is 0.464. The number of para-hydroxylation sites is 1. The Hall–Kier alpha value is -2.21. The Kier molecular flexibility index (Phi) is 8.18. The number of nitrogens with zero attached hydrogens (tertiary/aromatic N) is 1. The number of alkyl halides is 3. The molecule has 154 valence electrons. The average molecular weight is 393 g/mol. The fourth-order valence-corrected chi connectivity index (χ4v) is 3.05. The van der Waals surface area contributed by atoms with Crippen LogP contribution in [-0.2, 0) is 0 Å². The first kappa shape index (κ1) is 22.1. The highest BCUT2D eigenvalue weighted by Gasteiger charge is 2.32. The molecule has 1 aromatic rings. The molecule has 0 radical (unpaired) electrons. The van der Waals surface area contributed by atoms with Gasteiger partial charge < -0.3 is 15.5 Å². The smallest absolute Gasteiger partial charge is 0.381 e. The van der Waals surface area contributed by atoms with Crippen molar-refractivity contribution in [3.8, 4) is 0 Å². The first-order chi connectivity index (χ1) is 13.3. The molecule has 1 aliphatic heterocycles. The molecule has 0 aromatic heterocycles. The maximum atomic E-state index is 13.2. The number of benzene rings is 1. The lowest BCUT2D eigenvalue weighted by Crippen LogP contribution is -2.34. The molecule has 28 heavy (non-hydrogen) atoms. The van der Waals surface area contributed by atoms with Crippen LogP contribution in [0.15, 0.2) is 65.5 Å². The second kappa shape index (κ2) is 10.4. The topological polar surface area (TPSA) is 27.3 Å². The Balaban J connectivity index is 2.23. The van der Waals surface area contributed by atoms with E-state index in [4.69, 9.17) is 0 Å². The zero-order chi connectivity index (χ0) is 20.6. The molecule has 0 saturated heterocycles. The molecule has 1 heterocycles. The van der Waals surface area contributed by atoms with Crippen molar-refractivity contribution in [1.29, 1.82) is 0 Å². The summed E-state index contributed by atoms with van der Waals surface area (Å²) in [6.07, 6.45) is 1.88. The van der Waals surface area contributed by atoms with E-state index in [0.717, 1.165) is 23.4 Å². The van der Waals surface area contributed by atoms with Gasteiger partial charge in [0.2, 0.25) is 0 Å². The van der Waals surface area contributed by atoms with Crippen molar-refractivity contribution in [2.45, 2.75) is 33.4 Å². The van der Waals surface area contributed by atoms with Crippen molar-refractivity contribution < 1.29 is 13.2 Å². The molecule has 0 atom stereocenters. The number of anilines is 1. The van der Waals surface area contributed by atoms with E-state index in [9.17, 15) is 13.2 Å². The van der Waals surface area contributed by atoms with Gasteiger partial charge >= 0.3 is 6.18 Å². The van der Waals surface area contributed by atoms with Crippen LogP contribution in [0.4, 0.5) is 18.9 Å². The van der Waals surface area contributed by atoms with E-state index in [1.807, 2.05) is 49.4 Å². The summed E-state index contributed by atoms with van der Waals surface area (Å²) in [5, 5.41) is 6.63. The second-order valence-corrected chi connectivity index (χ2v) is 7.36. The van der Waals surface area contributed by atoms with Crippen LogP contribution in [0.5, 0.6) is 0 Å². The van der Waals surface area contributed by atoms with Gasteiger partial charge in [-0.1, -0.05) is 45.0 Å². The maximum Gasteiger partial charge on any atom is 0.406 e. The highest BCUT2D eigenvalue weighted by atomic mass is 19.4. The van der Waals surface area contributed by atoms with Gasteiger partial charge in [-0.05, 0) is 48.2 Å². The highest BCUT2D eigenvalue weighted by Crippen LogP contribution is 2.29. The molecular formula is C22H30F3N3. The molecular weight excluding hydrogens is 363 g/mol. The van der Waals surface area contributed by atoms with E-state index in [1.165, 1.54) is 4.90 Å². The Morgan fingerprint density at radius 1 is 1.11 bits per heavy atom. The summed E-state index contributed by atoms with van der Waals surface area (Å²) in [5.74, 6) is 0.481. The lowest BCUT2D eigenvalue weighted by molar-refractivity contribution is -0.137. The molecule has 0 bridgehead atoms. The van der Waals surface area contributed by atoms with Gasteiger partial charge in [0.05, 0.1) is 0 Å². The van der Waals surface area contributed by atoms with Crippen LogP contribution < -0.4 is 10.6 Å². The fourth-order valence-electron chi connectivity index (χ4n) is 3.05. The molecule has 0 aliphatic carbocycles. The van der Waals surface area contributed by atoms with Crippen molar-refractivity contribution in [2.75, 3.05) is 31.5 Å². The van der Waals surface area contributed by atoms with Gasteiger partial charge in [-0.25, -0.2) is 0 Å². The summed E-state index contributed by atoms with van der Waals surface area (Å²) in [4.78, 5) is 1.33. The van der Waals surface area contributed by atoms with Crippen LogP contribution >= 0.6 is 0 Å². The zero-order valence-corrected chi connectivity index (χ0v) is 16.8. The van der Waals surface area contributed by atoms with Crippen LogP contribution in [0.1, 0.15) is 27.2 Å². The Morgan fingerprint density at radius 3 is 2.43 bits per heavy atom. The Bertz CT molecular complexity index is 703. The molecule has 3 nitrogen and oxygen atoms in total. The second-order valence-electron chi connectivity index (χ2n) is 7.36. The molecule has 2 N–H and O–H groups in total. The van der Waals surface area contributed by atoms with Gasteiger partial charge in [-0.2, -0.15) is 13.2 Å². The summed E-state index contributed by atoms with van der Waals surface area (Å²) in [6.45, 7) is 6.97. The minimum Gasteiger partial charge on any atom is -0.381 e. The highest BCUT2D eigenvalue weighted by molar-refractivity contribution is 5.49. The largest absolute Gasteiger partial charge is 0.406 e. The van der Waals surface area contributed by atoms with Gasteiger partial charge in [0.15, 0.2) is 0 Å². The lowest BCUT2D eigenvalue weighted by Gasteiger charge is -2.31. The van der Waals surface area contributed by atoms with Crippen molar-refractivity contribution in [2.24, 2.45) is 5.92 Å². The Morgan fingerprint density at radius 2 is 1.82 bits per heavy atom. The molecule has 1 aliphatic rings. The van der Waals surface area contributed by atoms with Gasteiger partial charge in [-0.15, -0.1) is 0 Å². The molecule has 0 amide bonds. The number of halogens is 3. The molecule has 6 heteroatoms. The minimum atomic E-state index is -4.27. The molecule has 0 spiro atoms. The average Bonchev–Trinajstić information content (AvgIpc) is 2.61. The quantitative estimate of drug-likeness (QED) is 0.594. The van der Waals surface area contributed by atoms with Crippen molar-refractivity contribution in [3.05, 3.63) is 65.5 Å². The summed E-state index contributed by atoms with van der Waals surface area (Å²) >= 11 is 0. The number of nitrogens with one attached hydrogen (secondary N) is 2. The summed E-state index contributed by atoms with van der Waals surface area (Å²) in [5.41, 5.74) is 3.27. The van der Waals surface area contributed by atoms with Gasteiger partial charge in [0, 0.05) is 30.7 Å². The fraction of sp³-hybridized carbons (Fsp3) is 0.455. The van der Waals surface area contributed by atoms with E-state index in [2.05, 4.69) is 24.5 Å². The van der Waals surface area contributed by atoms with Gasteiger partial charge in [-0.3, -0.25) is 0 Å². The van der Waals surface area contributed by atoms with Crippen molar-refractivity contribution in [1.82, 2.24) is 10.2 Å². The van der Waals surface area contributed by atoms with Gasteiger partial charge in [0.1, 0.15) is 6.54 Å².